The molecule has 2 aromatic heterocycles. The highest BCUT2D eigenvalue weighted by molar-refractivity contribution is 7.18. The molecule has 0 saturated carbocycles. The Morgan fingerprint density at radius 1 is 1.23 bits per heavy atom. The Balaban J connectivity index is 1.62. The molecule has 1 aliphatic heterocycles. The number of anilines is 1. The van der Waals surface area contributed by atoms with E-state index in [1.807, 2.05) is 12.1 Å². The fraction of sp³-hybridized carbons (Fsp3) is 0.278. The van der Waals surface area contributed by atoms with Crippen LogP contribution in [-0.2, 0) is 0 Å². The van der Waals surface area contributed by atoms with E-state index in [4.69, 9.17) is 14.2 Å². The van der Waals surface area contributed by atoms with E-state index in [2.05, 4.69) is 34.3 Å². The lowest BCUT2D eigenvalue weighted by molar-refractivity contribution is 0.165. The minimum atomic E-state index is 0.515. The topological polar surface area (TPSA) is 77.9 Å². The number of benzene rings is 1. The molecule has 1 aliphatic rings. The number of methoxy groups -OCH3 is 1. The summed E-state index contributed by atoms with van der Waals surface area (Å²) in [5.74, 6) is 2.60. The molecule has 26 heavy (non-hydrogen) atoms. The number of aryl methyl sites for hydroxylation is 2. The summed E-state index contributed by atoms with van der Waals surface area (Å²) < 4.78 is 16.6. The second-order valence-corrected chi connectivity index (χ2v) is 7.01. The number of aromatic nitrogens is 2. The van der Waals surface area contributed by atoms with Crippen molar-refractivity contribution in [2.75, 3.05) is 25.7 Å². The lowest BCUT2D eigenvalue weighted by Gasteiger charge is -2.20. The molecular weight excluding hydrogens is 352 g/mol. The van der Waals surface area contributed by atoms with Crippen LogP contribution in [0.5, 0.6) is 17.2 Å². The Hall–Kier alpha value is -2.87. The Labute approximate surface area is 154 Å². The highest BCUT2D eigenvalue weighted by Gasteiger charge is 2.18. The van der Waals surface area contributed by atoms with Crippen LogP contribution in [0.4, 0.5) is 5.82 Å². The highest BCUT2D eigenvalue weighted by Crippen LogP contribution is 2.40. The first kappa shape index (κ1) is 16.6. The number of nitrogens with zero attached hydrogens (tertiary/aromatic N) is 3. The van der Waals surface area contributed by atoms with Crippen LogP contribution in [0.15, 0.2) is 23.6 Å². The van der Waals surface area contributed by atoms with Crippen molar-refractivity contribution in [1.29, 1.82) is 0 Å². The van der Waals surface area contributed by atoms with Crippen LogP contribution >= 0.6 is 11.3 Å². The van der Waals surface area contributed by atoms with Crippen molar-refractivity contribution in [3.8, 4) is 17.2 Å². The van der Waals surface area contributed by atoms with Gasteiger partial charge in [-0.15, -0.1) is 11.3 Å². The molecule has 0 aliphatic carbocycles. The predicted molar refractivity (Wildman–Crippen MR) is 102 cm³/mol. The molecule has 0 spiro atoms. The molecule has 0 amide bonds. The molecule has 0 saturated heterocycles. The molecule has 0 unspecified atom stereocenters. The summed E-state index contributed by atoms with van der Waals surface area (Å²) in [7, 11) is 1.60. The van der Waals surface area contributed by atoms with Gasteiger partial charge in [-0.3, -0.25) is 5.43 Å². The van der Waals surface area contributed by atoms with Gasteiger partial charge in [0.1, 0.15) is 24.4 Å². The van der Waals surface area contributed by atoms with Gasteiger partial charge < -0.3 is 14.2 Å². The smallest absolute Gasteiger partial charge is 0.203 e. The van der Waals surface area contributed by atoms with Gasteiger partial charge in [-0.2, -0.15) is 5.10 Å². The SMILES string of the molecule is COc1cc(/C=N\Nc2ncnc3sc(C)c(C)c23)cc2c1OCCO2. The number of thiophene rings is 1. The fourth-order valence-corrected chi connectivity index (χ4v) is 3.80. The standard InChI is InChI=1S/C18H18N4O3S/c1-10-11(2)26-18-15(10)17(19-9-20-18)22-21-8-12-6-13(23-3)16-14(7-12)24-4-5-25-16/h6-9H,4-5H2,1-3H3,(H,19,20,22)/b21-8-. The van der Waals surface area contributed by atoms with E-state index in [1.54, 1.807) is 31.0 Å². The van der Waals surface area contributed by atoms with E-state index in [9.17, 15) is 0 Å². The van der Waals surface area contributed by atoms with Crippen LogP contribution in [-0.4, -0.2) is 36.5 Å². The van der Waals surface area contributed by atoms with Gasteiger partial charge in [0.25, 0.3) is 0 Å². The molecule has 1 aromatic carbocycles. The number of nitrogens with one attached hydrogen (secondary N) is 1. The maximum atomic E-state index is 5.64. The van der Waals surface area contributed by atoms with E-state index >= 15 is 0 Å². The third-order valence-electron chi connectivity index (χ3n) is 4.20. The molecule has 0 atom stereocenters. The molecule has 0 radical (unpaired) electrons. The van der Waals surface area contributed by atoms with Crippen LogP contribution < -0.4 is 19.6 Å². The zero-order chi connectivity index (χ0) is 18.1. The molecule has 0 bridgehead atoms. The Morgan fingerprint density at radius 2 is 2.08 bits per heavy atom. The average molecular weight is 370 g/mol. The number of hydrogen-bond donors (Lipinski definition) is 1. The van der Waals surface area contributed by atoms with E-state index in [0.717, 1.165) is 15.8 Å². The zero-order valence-electron chi connectivity index (χ0n) is 14.7. The zero-order valence-corrected chi connectivity index (χ0v) is 15.5. The molecule has 3 heterocycles. The molecule has 7 nitrogen and oxygen atoms in total. The minimum Gasteiger partial charge on any atom is -0.493 e. The Kier molecular flexibility index (Phi) is 4.34. The van der Waals surface area contributed by atoms with Gasteiger partial charge >= 0.3 is 0 Å². The lowest BCUT2D eigenvalue weighted by atomic mass is 10.2. The van der Waals surface area contributed by atoms with Gasteiger partial charge in [0.15, 0.2) is 17.3 Å². The Bertz CT molecular complexity index is 983. The second-order valence-electron chi connectivity index (χ2n) is 5.80. The molecule has 3 aromatic rings. The van der Waals surface area contributed by atoms with E-state index < -0.39 is 0 Å². The lowest BCUT2D eigenvalue weighted by Crippen LogP contribution is -2.16. The Morgan fingerprint density at radius 3 is 2.92 bits per heavy atom. The normalized spacial score (nSPS) is 13.3. The average Bonchev–Trinajstić information content (AvgIpc) is 2.96. The molecule has 1 N–H and O–H groups in total. The van der Waals surface area contributed by atoms with Crippen LogP contribution in [0.2, 0.25) is 0 Å². The van der Waals surface area contributed by atoms with Crippen molar-refractivity contribution in [2.24, 2.45) is 5.10 Å². The molecular formula is C18H18N4O3S. The van der Waals surface area contributed by atoms with Crippen molar-refractivity contribution in [3.05, 3.63) is 34.5 Å². The second kappa shape index (κ2) is 6.80. The van der Waals surface area contributed by atoms with Crippen molar-refractivity contribution in [2.45, 2.75) is 13.8 Å². The summed E-state index contributed by atoms with van der Waals surface area (Å²) in [5, 5.41) is 5.33. The monoisotopic (exact) mass is 370 g/mol. The first-order chi connectivity index (χ1) is 12.7. The minimum absolute atomic E-state index is 0.515. The van der Waals surface area contributed by atoms with Gasteiger partial charge in [0.05, 0.1) is 18.7 Å². The van der Waals surface area contributed by atoms with Crippen LogP contribution in [0.25, 0.3) is 10.2 Å². The van der Waals surface area contributed by atoms with Gasteiger partial charge in [0, 0.05) is 10.4 Å². The first-order valence-corrected chi connectivity index (χ1v) is 8.96. The van der Waals surface area contributed by atoms with Crippen molar-refractivity contribution in [3.63, 3.8) is 0 Å². The van der Waals surface area contributed by atoms with Crippen LogP contribution in [0.3, 0.4) is 0 Å². The first-order valence-electron chi connectivity index (χ1n) is 8.15. The maximum absolute atomic E-state index is 5.64. The molecule has 134 valence electrons. The van der Waals surface area contributed by atoms with Gasteiger partial charge in [-0.25, -0.2) is 9.97 Å². The predicted octanol–water partition coefficient (Wildman–Crippen LogP) is 3.53. The van der Waals surface area contributed by atoms with Crippen LogP contribution in [0, 0.1) is 13.8 Å². The fourth-order valence-electron chi connectivity index (χ4n) is 2.80. The van der Waals surface area contributed by atoms with Crippen LogP contribution in [0.1, 0.15) is 16.0 Å². The molecule has 4 rings (SSSR count). The summed E-state index contributed by atoms with van der Waals surface area (Å²) in [6.07, 6.45) is 3.24. The summed E-state index contributed by atoms with van der Waals surface area (Å²) >= 11 is 1.65. The van der Waals surface area contributed by atoms with Crippen molar-refractivity contribution in [1.82, 2.24) is 9.97 Å². The number of hydrazone groups is 1. The van der Waals surface area contributed by atoms with Gasteiger partial charge in [-0.05, 0) is 31.5 Å². The molecule has 0 fully saturated rings. The maximum Gasteiger partial charge on any atom is 0.203 e. The summed E-state index contributed by atoms with van der Waals surface area (Å²) in [4.78, 5) is 10.8. The number of hydrogen-bond acceptors (Lipinski definition) is 8. The number of rotatable bonds is 4. The third kappa shape index (κ3) is 2.92. The summed E-state index contributed by atoms with van der Waals surface area (Å²) in [6.45, 7) is 5.18. The van der Waals surface area contributed by atoms with Gasteiger partial charge in [-0.1, -0.05) is 0 Å². The van der Waals surface area contributed by atoms with Crippen molar-refractivity contribution >= 4 is 33.6 Å². The quantitative estimate of drug-likeness (QED) is 0.559. The molecule has 8 heteroatoms. The van der Waals surface area contributed by atoms with E-state index in [1.165, 1.54) is 10.4 Å². The number of ether oxygens (including phenoxy) is 3. The number of fused-ring (bicyclic) bond motifs is 2. The summed E-state index contributed by atoms with van der Waals surface area (Å²) in [6, 6.07) is 3.73. The summed E-state index contributed by atoms with van der Waals surface area (Å²) in [5.41, 5.74) is 5.03. The van der Waals surface area contributed by atoms with E-state index in [0.29, 0.717) is 36.3 Å². The highest BCUT2D eigenvalue weighted by atomic mass is 32.1. The van der Waals surface area contributed by atoms with Crippen molar-refractivity contribution < 1.29 is 14.2 Å². The third-order valence-corrected chi connectivity index (χ3v) is 5.31. The van der Waals surface area contributed by atoms with E-state index in [-0.39, 0.29) is 0 Å². The largest absolute Gasteiger partial charge is 0.493 e. The van der Waals surface area contributed by atoms with Gasteiger partial charge in [0.2, 0.25) is 5.75 Å².